The number of nitrogens with two attached hydrogens (primary N) is 1. The molecule has 1 aliphatic rings. The molecule has 1 aliphatic heterocycles. The van der Waals surface area contributed by atoms with Crippen molar-refractivity contribution < 1.29 is 9.90 Å². The minimum atomic E-state index is -0.820. The molecule has 1 aromatic rings. The summed E-state index contributed by atoms with van der Waals surface area (Å²) in [6.45, 7) is 1.80. The molecule has 3 N–H and O–H groups in total. The van der Waals surface area contributed by atoms with Crippen molar-refractivity contribution in [1.29, 1.82) is 0 Å². The number of nitrogens with zero attached hydrogens (tertiary/aromatic N) is 2. The van der Waals surface area contributed by atoms with Crippen LogP contribution in [-0.2, 0) is 0 Å². The number of carboxylic acid groups (broad SMARTS) is 1. The second-order valence-electron chi connectivity index (χ2n) is 4.74. The van der Waals surface area contributed by atoms with E-state index >= 15 is 0 Å². The monoisotopic (exact) mass is 249 g/mol. The highest BCUT2D eigenvalue weighted by atomic mass is 16.4. The molecular weight excluding hydrogens is 230 g/mol. The fraction of sp³-hybridized carbons (Fsp3) is 0.538. The fourth-order valence-electron chi connectivity index (χ4n) is 2.69. The molecule has 0 saturated carbocycles. The van der Waals surface area contributed by atoms with Gasteiger partial charge in [-0.15, -0.1) is 0 Å². The van der Waals surface area contributed by atoms with E-state index in [9.17, 15) is 4.79 Å². The van der Waals surface area contributed by atoms with Gasteiger partial charge < -0.3 is 15.7 Å². The third kappa shape index (κ3) is 2.79. The van der Waals surface area contributed by atoms with E-state index in [1.54, 1.807) is 6.20 Å². The maximum Gasteiger partial charge on any atom is 0.407 e. The summed E-state index contributed by atoms with van der Waals surface area (Å²) in [4.78, 5) is 16.5. The Kier molecular flexibility index (Phi) is 4.15. The van der Waals surface area contributed by atoms with Crippen LogP contribution in [0.5, 0.6) is 0 Å². The molecule has 0 aliphatic carbocycles. The fourth-order valence-corrected chi connectivity index (χ4v) is 2.69. The van der Waals surface area contributed by atoms with Gasteiger partial charge in [-0.1, -0.05) is 6.07 Å². The topological polar surface area (TPSA) is 79.5 Å². The van der Waals surface area contributed by atoms with Crippen LogP contribution in [0.25, 0.3) is 0 Å². The van der Waals surface area contributed by atoms with E-state index in [0.717, 1.165) is 18.4 Å². The van der Waals surface area contributed by atoms with Crippen LogP contribution in [0.15, 0.2) is 24.5 Å². The van der Waals surface area contributed by atoms with E-state index < -0.39 is 6.09 Å². The van der Waals surface area contributed by atoms with Crippen molar-refractivity contribution in [3.05, 3.63) is 30.1 Å². The van der Waals surface area contributed by atoms with Gasteiger partial charge in [-0.05, 0) is 36.9 Å². The molecule has 1 atom stereocenters. The number of hydrogen-bond acceptors (Lipinski definition) is 3. The highest BCUT2D eigenvalue weighted by molar-refractivity contribution is 5.65. The summed E-state index contributed by atoms with van der Waals surface area (Å²) in [5.41, 5.74) is 7.03. The van der Waals surface area contributed by atoms with Crippen LogP contribution in [0.3, 0.4) is 0 Å². The van der Waals surface area contributed by atoms with Crippen molar-refractivity contribution in [2.24, 2.45) is 11.7 Å². The summed E-state index contributed by atoms with van der Waals surface area (Å²) < 4.78 is 0. The summed E-state index contributed by atoms with van der Waals surface area (Å²) in [6, 6.07) is 3.97. The zero-order chi connectivity index (χ0) is 13.0. The van der Waals surface area contributed by atoms with Crippen LogP contribution >= 0.6 is 0 Å². The van der Waals surface area contributed by atoms with Crippen molar-refractivity contribution in [2.75, 3.05) is 19.6 Å². The summed E-state index contributed by atoms with van der Waals surface area (Å²) >= 11 is 0. The average molecular weight is 249 g/mol. The maximum absolute atomic E-state index is 10.9. The first-order chi connectivity index (χ1) is 8.72. The van der Waals surface area contributed by atoms with Gasteiger partial charge in [-0.2, -0.15) is 0 Å². The van der Waals surface area contributed by atoms with E-state index in [2.05, 4.69) is 4.98 Å². The number of amides is 1. The zero-order valence-electron chi connectivity index (χ0n) is 10.3. The quantitative estimate of drug-likeness (QED) is 0.851. The molecule has 1 fully saturated rings. The van der Waals surface area contributed by atoms with Gasteiger partial charge in [-0.25, -0.2) is 4.79 Å². The molecule has 98 valence electrons. The normalized spacial score (nSPS) is 18.6. The van der Waals surface area contributed by atoms with E-state index in [4.69, 9.17) is 10.8 Å². The Morgan fingerprint density at radius 1 is 1.56 bits per heavy atom. The molecule has 0 aromatic carbocycles. The van der Waals surface area contributed by atoms with E-state index in [1.165, 1.54) is 4.90 Å². The van der Waals surface area contributed by atoms with Crippen LogP contribution < -0.4 is 5.73 Å². The van der Waals surface area contributed by atoms with Crippen molar-refractivity contribution in [2.45, 2.75) is 18.8 Å². The Morgan fingerprint density at radius 3 is 2.78 bits per heavy atom. The number of likely N-dealkylation sites (tertiary alicyclic amines) is 1. The molecule has 5 nitrogen and oxygen atoms in total. The summed E-state index contributed by atoms with van der Waals surface area (Å²) in [7, 11) is 0. The number of hydrogen-bond donors (Lipinski definition) is 2. The predicted octanol–water partition coefficient (Wildman–Crippen LogP) is 1.51. The predicted molar refractivity (Wildman–Crippen MR) is 68.4 cm³/mol. The van der Waals surface area contributed by atoms with Crippen molar-refractivity contribution >= 4 is 6.09 Å². The molecular formula is C13H19N3O2. The van der Waals surface area contributed by atoms with Crippen molar-refractivity contribution in [1.82, 2.24) is 9.88 Å². The maximum atomic E-state index is 10.9. The number of rotatable bonds is 3. The van der Waals surface area contributed by atoms with Crippen LogP contribution in [0.2, 0.25) is 0 Å². The van der Waals surface area contributed by atoms with Crippen LogP contribution in [0.4, 0.5) is 4.79 Å². The van der Waals surface area contributed by atoms with Gasteiger partial charge >= 0.3 is 6.09 Å². The van der Waals surface area contributed by atoms with Gasteiger partial charge in [0.25, 0.3) is 0 Å². The summed E-state index contributed by atoms with van der Waals surface area (Å²) in [5.74, 6) is 0.740. The number of pyridine rings is 1. The smallest absolute Gasteiger partial charge is 0.407 e. The second-order valence-corrected chi connectivity index (χ2v) is 4.74. The van der Waals surface area contributed by atoms with E-state index in [1.807, 2.05) is 18.3 Å². The van der Waals surface area contributed by atoms with Crippen molar-refractivity contribution in [3.8, 4) is 0 Å². The Balaban J connectivity index is 2.01. The lowest BCUT2D eigenvalue weighted by Crippen LogP contribution is -2.39. The Morgan fingerprint density at radius 2 is 2.28 bits per heavy atom. The molecule has 1 amide bonds. The van der Waals surface area contributed by atoms with Gasteiger partial charge in [0.05, 0.1) is 0 Å². The Labute approximate surface area is 107 Å². The van der Waals surface area contributed by atoms with Crippen LogP contribution in [0, 0.1) is 5.92 Å². The SMILES string of the molecule is NCC(c1cccnc1)C1CCN(C(=O)O)CC1. The molecule has 5 heteroatoms. The van der Waals surface area contributed by atoms with E-state index in [0.29, 0.717) is 25.6 Å². The minimum absolute atomic E-state index is 0.287. The van der Waals surface area contributed by atoms with Crippen LogP contribution in [0.1, 0.15) is 24.3 Å². The molecule has 1 aromatic heterocycles. The average Bonchev–Trinajstić information content (AvgIpc) is 2.41. The van der Waals surface area contributed by atoms with Gasteiger partial charge in [0.15, 0.2) is 0 Å². The van der Waals surface area contributed by atoms with Gasteiger partial charge in [0.2, 0.25) is 0 Å². The molecule has 2 heterocycles. The third-order valence-corrected chi connectivity index (χ3v) is 3.75. The number of aromatic nitrogens is 1. The molecule has 0 spiro atoms. The zero-order valence-corrected chi connectivity index (χ0v) is 10.3. The first-order valence-corrected chi connectivity index (χ1v) is 6.30. The van der Waals surface area contributed by atoms with Gasteiger partial charge in [0.1, 0.15) is 0 Å². The minimum Gasteiger partial charge on any atom is -0.465 e. The lowest BCUT2D eigenvalue weighted by molar-refractivity contribution is 0.120. The lowest BCUT2D eigenvalue weighted by Gasteiger charge is -2.34. The lowest BCUT2D eigenvalue weighted by atomic mass is 9.80. The van der Waals surface area contributed by atoms with Crippen molar-refractivity contribution in [3.63, 3.8) is 0 Å². The summed E-state index contributed by atoms with van der Waals surface area (Å²) in [6.07, 6.45) is 4.55. The highest BCUT2D eigenvalue weighted by Crippen LogP contribution is 2.31. The van der Waals surface area contributed by atoms with E-state index in [-0.39, 0.29) is 5.92 Å². The highest BCUT2D eigenvalue weighted by Gasteiger charge is 2.28. The Hall–Kier alpha value is -1.62. The molecule has 18 heavy (non-hydrogen) atoms. The number of carbonyl (C=O) groups is 1. The largest absolute Gasteiger partial charge is 0.465 e. The molecule has 1 saturated heterocycles. The second kappa shape index (κ2) is 5.82. The molecule has 0 radical (unpaired) electrons. The Bertz CT molecular complexity index is 388. The van der Waals surface area contributed by atoms with Crippen LogP contribution in [-0.4, -0.2) is 40.7 Å². The first kappa shape index (κ1) is 12.8. The molecule has 0 bridgehead atoms. The first-order valence-electron chi connectivity index (χ1n) is 6.30. The standard InChI is InChI=1S/C13H19N3O2/c14-8-12(11-2-1-5-15-9-11)10-3-6-16(7-4-10)13(17)18/h1-2,5,9-10,12H,3-4,6-8,14H2,(H,17,18). The van der Waals surface area contributed by atoms with Gasteiger partial charge in [0, 0.05) is 31.4 Å². The third-order valence-electron chi connectivity index (χ3n) is 3.75. The molecule has 1 unspecified atom stereocenters. The number of piperidine rings is 1. The van der Waals surface area contributed by atoms with Gasteiger partial charge in [-0.3, -0.25) is 4.98 Å². The molecule has 2 rings (SSSR count). The summed E-state index contributed by atoms with van der Waals surface area (Å²) in [5, 5.41) is 8.93.